The van der Waals surface area contributed by atoms with Crippen molar-refractivity contribution in [2.45, 2.75) is 13.3 Å². The molecule has 1 heterocycles. The first-order valence-electron chi connectivity index (χ1n) is 9.71. The predicted molar refractivity (Wildman–Crippen MR) is 114 cm³/mol. The Kier molecular flexibility index (Phi) is 5.63. The third-order valence-corrected chi connectivity index (χ3v) is 4.85. The Bertz CT molecular complexity index is 1250. The highest BCUT2D eigenvalue weighted by Gasteiger charge is 2.40. The van der Waals surface area contributed by atoms with Crippen LogP contribution >= 0.6 is 0 Å². The molecule has 0 spiro atoms. The molecular formula is C24H16F4N2O3. The van der Waals surface area contributed by atoms with Crippen molar-refractivity contribution in [1.82, 2.24) is 0 Å². The molecule has 0 fully saturated rings. The van der Waals surface area contributed by atoms with Crippen LogP contribution in [-0.2, 0) is 9.59 Å². The lowest BCUT2D eigenvalue weighted by molar-refractivity contribution is -0.274. The van der Waals surface area contributed by atoms with Crippen LogP contribution in [-0.4, -0.2) is 18.2 Å². The molecule has 0 saturated carbocycles. The summed E-state index contributed by atoms with van der Waals surface area (Å²) in [4.78, 5) is 27.5. The Balaban J connectivity index is 1.76. The van der Waals surface area contributed by atoms with Crippen molar-refractivity contribution in [2.24, 2.45) is 0 Å². The van der Waals surface area contributed by atoms with Crippen LogP contribution in [0, 0.1) is 12.7 Å². The molecule has 5 nitrogen and oxygen atoms in total. The monoisotopic (exact) mass is 456 g/mol. The number of benzene rings is 3. The first-order valence-corrected chi connectivity index (χ1v) is 9.71. The maximum absolute atomic E-state index is 13.5. The van der Waals surface area contributed by atoms with Gasteiger partial charge in [0.2, 0.25) is 0 Å². The number of amides is 2. The molecule has 0 bridgehead atoms. The van der Waals surface area contributed by atoms with Crippen molar-refractivity contribution in [1.29, 1.82) is 0 Å². The molecule has 4 rings (SSSR count). The van der Waals surface area contributed by atoms with Gasteiger partial charge in [-0.1, -0.05) is 35.9 Å². The molecule has 0 aliphatic carbocycles. The molecule has 168 valence electrons. The Morgan fingerprint density at radius 3 is 2.18 bits per heavy atom. The standard InChI is InChI=1S/C24H16F4N2O3/c1-14-5-11-18(12-6-14)30-22(31)20(15-7-9-16(25)10-8-15)21(23(30)32)29-17-3-2-4-19(13-17)33-24(26,27)28/h2-13,29H,1H3. The Labute approximate surface area is 185 Å². The first kappa shape index (κ1) is 22.1. The van der Waals surface area contributed by atoms with Crippen LogP contribution in [0.15, 0.2) is 78.5 Å². The molecular weight excluding hydrogens is 440 g/mol. The molecule has 9 heteroatoms. The van der Waals surface area contributed by atoms with Crippen LogP contribution in [0.3, 0.4) is 0 Å². The van der Waals surface area contributed by atoms with Gasteiger partial charge in [0.05, 0.1) is 11.3 Å². The van der Waals surface area contributed by atoms with Crippen molar-refractivity contribution in [3.63, 3.8) is 0 Å². The second-order valence-corrected chi connectivity index (χ2v) is 7.24. The van der Waals surface area contributed by atoms with Gasteiger partial charge in [-0.3, -0.25) is 9.59 Å². The van der Waals surface area contributed by atoms with Crippen molar-refractivity contribution in [2.75, 3.05) is 10.2 Å². The second-order valence-electron chi connectivity index (χ2n) is 7.24. The number of nitrogens with one attached hydrogen (secondary N) is 1. The van der Waals surface area contributed by atoms with Crippen LogP contribution in [0.4, 0.5) is 28.9 Å². The van der Waals surface area contributed by atoms with Crippen molar-refractivity contribution >= 4 is 28.8 Å². The molecule has 3 aromatic rings. The normalized spacial score (nSPS) is 14.2. The van der Waals surface area contributed by atoms with Crippen LogP contribution in [0.5, 0.6) is 5.75 Å². The van der Waals surface area contributed by atoms with E-state index in [0.717, 1.165) is 34.7 Å². The number of nitrogens with zero attached hydrogens (tertiary/aromatic N) is 1. The maximum atomic E-state index is 13.5. The summed E-state index contributed by atoms with van der Waals surface area (Å²) < 4.78 is 55.1. The Morgan fingerprint density at radius 2 is 1.55 bits per heavy atom. The van der Waals surface area contributed by atoms with Crippen molar-refractivity contribution in [3.05, 3.63) is 95.4 Å². The summed E-state index contributed by atoms with van der Waals surface area (Å²) in [6.07, 6.45) is -4.89. The zero-order chi connectivity index (χ0) is 23.8. The highest BCUT2D eigenvalue weighted by atomic mass is 19.4. The van der Waals surface area contributed by atoms with E-state index in [0.29, 0.717) is 5.69 Å². The molecule has 1 aliphatic rings. The zero-order valence-corrected chi connectivity index (χ0v) is 17.1. The molecule has 33 heavy (non-hydrogen) atoms. The van der Waals surface area contributed by atoms with Crippen molar-refractivity contribution in [3.8, 4) is 5.75 Å². The van der Waals surface area contributed by atoms with Gasteiger partial charge in [-0.2, -0.15) is 0 Å². The summed E-state index contributed by atoms with van der Waals surface area (Å²) >= 11 is 0. The van der Waals surface area contributed by atoms with E-state index in [-0.39, 0.29) is 22.5 Å². The number of imide groups is 1. The number of ether oxygens (including phenoxy) is 1. The summed E-state index contributed by atoms with van der Waals surface area (Å²) in [6, 6.07) is 16.5. The van der Waals surface area contributed by atoms with Gasteiger partial charge < -0.3 is 10.1 Å². The van der Waals surface area contributed by atoms with Crippen LogP contribution in [0.2, 0.25) is 0 Å². The number of carbonyl (C=O) groups is 2. The van der Waals surface area contributed by atoms with E-state index in [1.165, 1.54) is 24.3 Å². The number of rotatable bonds is 5. The molecule has 0 unspecified atom stereocenters. The quantitative estimate of drug-likeness (QED) is 0.411. The topological polar surface area (TPSA) is 58.6 Å². The molecule has 1 N–H and O–H groups in total. The van der Waals surface area contributed by atoms with E-state index in [1.54, 1.807) is 24.3 Å². The van der Waals surface area contributed by atoms with Gasteiger partial charge in [0.25, 0.3) is 11.8 Å². The van der Waals surface area contributed by atoms with E-state index < -0.39 is 29.7 Å². The first-order chi connectivity index (χ1) is 15.6. The summed E-state index contributed by atoms with van der Waals surface area (Å²) in [5.74, 6) is -2.38. The van der Waals surface area contributed by atoms with Crippen molar-refractivity contribution < 1.29 is 31.9 Å². The van der Waals surface area contributed by atoms with Gasteiger partial charge in [0, 0.05) is 11.8 Å². The van der Waals surface area contributed by atoms with Crippen LogP contribution in [0.25, 0.3) is 5.57 Å². The minimum Gasteiger partial charge on any atom is -0.406 e. The van der Waals surface area contributed by atoms with Gasteiger partial charge in [0.1, 0.15) is 17.3 Å². The number of hydrogen-bond donors (Lipinski definition) is 1. The van der Waals surface area contributed by atoms with Gasteiger partial charge in [-0.05, 0) is 48.9 Å². The van der Waals surface area contributed by atoms with Crippen LogP contribution in [0.1, 0.15) is 11.1 Å². The fourth-order valence-corrected chi connectivity index (χ4v) is 3.37. The van der Waals surface area contributed by atoms with Crippen LogP contribution < -0.4 is 15.0 Å². The highest BCUT2D eigenvalue weighted by molar-refractivity contribution is 6.46. The lowest BCUT2D eigenvalue weighted by Crippen LogP contribution is -2.32. The van der Waals surface area contributed by atoms with E-state index in [2.05, 4.69) is 10.1 Å². The smallest absolute Gasteiger partial charge is 0.406 e. The number of carbonyl (C=O) groups excluding carboxylic acids is 2. The average Bonchev–Trinajstić information content (AvgIpc) is 2.98. The minimum absolute atomic E-state index is 0.0392. The van der Waals surface area contributed by atoms with Gasteiger partial charge in [-0.15, -0.1) is 13.2 Å². The summed E-state index contributed by atoms with van der Waals surface area (Å²) in [6.45, 7) is 1.85. The van der Waals surface area contributed by atoms with E-state index >= 15 is 0 Å². The molecule has 0 radical (unpaired) electrons. The maximum Gasteiger partial charge on any atom is 0.573 e. The van der Waals surface area contributed by atoms with Gasteiger partial charge >= 0.3 is 6.36 Å². The summed E-state index contributed by atoms with van der Waals surface area (Å²) in [5.41, 5.74) is 1.41. The largest absolute Gasteiger partial charge is 0.573 e. The number of hydrogen-bond acceptors (Lipinski definition) is 4. The minimum atomic E-state index is -4.89. The molecule has 0 aromatic heterocycles. The number of alkyl halides is 3. The second kappa shape index (κ2) is 8.42. The zero-order valence-electron chi connectivity index (χ0n) is 17.1. The van der Waals surface area contributed by atoms with Gasteiger partial charge in [-0.25, -0.2) is 9.29 Å². The lowest BCUT2D eigenvalue weighted by atomic mass is 10.0. The molecule has 3 aromatic carbocycles. The Hall–Kier alpha value is -4.14. The number of halogens is 4. The fourth-order valence-electron chi connectivity index (χ4n) is 3.37. The molecule has 0 atom stereocenters. The molecule has 2 amide bonds. The highest BCUT2D eigenvalue weighted by Crippen LogP contribution is 2.34. The number of aryl methyl sites for hydroxylation is 1. The fraction of sp³-hybridized carbons (Fsp3) is 0.0833. The third kappa shape index (κ3) is 4.72. The summed E-state index contributed by atoms with van der Waals surface area (Å²) in [5, 5.41) is 2.75. The lowest BCUT2D eigenvalue weighted by Gasteiger charge is -2.16. The van der Waals surface area contributed by atoms with E-state index in [4.69, 9.17) is 0 Å². The Morgan fingerprint density at radius 1 is 0.879 bits per heavy atom. The van der Waals surface area contributed by atoms with E-state index in [9.17, 15) is 27.2 Å². The number of anilines is 2. The third-order valence-electron chi connectivity index (χ3n) is 4.85. The summed E-state index contributed by atoms with van der Waals surface area (Å²) in [7, 11) is 0. The molecule has 0 saturated heterocycles. The predicted octanol–water partition coefficient (Wildman–Crippen LogP) is 5.43. The van der Waals surface area contributed by atoms with Gasteiger partial charge in [0.15, 0.2) is 0 Å². The van der Waals surface area contributed by atoms with E-state index in [1.807, 2.05) is 6.92 Å². The average molecular weight is 456 g/mol. The SMILES string of the molecule is Cc1ccc(N2C(=O)C(Nc3cccc(OC(F)(F)F)c3)=C(c3ccc(F)cc3)C2=O)cc1. The molecule has 1 aliphatic heterocycles.